The van der Waals surface area contributed by atoms with Gasteiger partial charge in [0.2, 0.25) is 0 Å². The minimum atomic E-state index is 0.105. The largest absolute Gasteiger partial charge is 0.506 e. The van der Waals surface area contributed by atoms with Gasteiger partial charge in [0.15, 0.2) is 0 Å². The van der Waals surface area contributed by atoms with Crippen LogP contribution in [0.4, 0.5) is 5.69 Å². The standard InChI is InChI=1S/C15H13Cl2NO/c16-11-2-1-9-6-13(7-10(9)5-11)18-12-3-4-15(19)14(17)8-12/h1-5,8,13,18-19H,6-7H2. The van der Waals surface area contributed by atoms with Crippen molar-refractivity contribution in [3.63, 3.8) is 0 Å². The van der Waals surface area contributed by atoms with E-state index in [9.17, 15) is 5.11 Å². The molecule has 2 aromatic rings. The van der Waals surface area contributed by atoms with Crippen LogP contribution in [-0.4, -0.2) is 11.1 Å². The molecule has 0 aromatic heterocycles. The molecule has 0 aliphatic heterocycles. The van der Waals surface area contributed by atoms with Crippen LogP contribution in [0.15, 0.2) is 36.4 Å². The minimum Gasteiger partial charge on any atom is -0.506 e. The number of aromatic hydroxyl groups is 1. The van der Waals surface area contributed by atoms with Gasteiger partial charge in [0, 0.05) is 16.8 Å². The molecule has 0 saturated heterocycles. The number of phenols is 1. The highest BCUT2D eigenvalue weighted by Crippen LogP contribution is 2.30. The summed E-state index contributed by atoms with van der Waals surface area (Å²) in [6.07, 6.45) is 1.93. The summed E-state index contributed by atoms with van der Waals surface area (Å²) in [5.74, 6) is 0.105. The van der Waals surface area contributed by atoms with E-state index in [0.29, 0.717) is 11.1 Å². The number of nitrogens with one attached hydrogen (secondary N) is 1. The molecular weight excluding hydrogens is 281 g/mol. The zero-order valence-corrected chi connectivity index (χ0v) is 11.7. The quantitative estimate of drug-likeness (QED) is 0.810. The van der Waals surface area contributed by atoms with E-state index in [1.54, 1.807) is 12.1 Å². The van der Waals surface area contributed by atoms with Gasteiger partial charge in [-0.3, -0.25) is 0 Å². The molecule has 1 aliphatic carbocycles. The smallest absolute Gasteiger partial charge is 0.134 e. The first-order valence-electron chi connectivity index (χ1n) is 6.14. The van der Waals surface area contributed by atoms with Crippen LogP contribution in [0.25, 0.3) is 0 Å². The molecule has 0 amide bonds. The van der Waals surface area contributed by atoms with Gasteiger partial charge in [-0.2, -0.15) is 0 Å². The van der Waals surface area contributed by atoms with Gasteiger partial charge in [0.25, 0.3) is 0 Å². The van der Waals surface area contributed by atoms with E-state index in [2.05, 4.69) is 11.4 Å². The molecule has 19 heavy (non-hydrogen) atoms. The lowest BCUT2D eigenvalue weighted by atomic mass is 10.1. The van der Waals surface area contributed by atoms with Crippen LogP contribution in [0.1, 0.15) is 11.1 Å². The molecule has 0 fully saturated rings. The maximum Gasteiger partial charge on any atom is 0.134 e. The Morgan fingerprint density at radius 2 is 1.79 bits per heavy atom. The van der Waals surface area contributed by atoms with Crippen LogP contribution in [0.2, 0.25) is 10.0 Å². The van der Waals surface area contributed by atoms with E-state index in [4.69, 9.17) is 23.2 Å². The summed E-state index contributed by atoms with van der Waals surface area (Å²) in [6, 6.07) is 11.6. The number of phenolic OH excluding ortho intramolecular Hbond substituents is 1. The Morgan fingerprint density at radius 1 is 1.00 bits per heavy atom. The van der Waals surface area contributed by atoms with Crippen molar-refractivity contribution >= 4 is 28.9 Å². The molecule has 0 heterocycles. The molecule has 0 radical (unpaired) electrons. The van der Waals surface area contributed by atoms with E-state index < -0.39 is 0 Å². The third-order valence-corrected chi connectivity index (χ3v) is 3.96. The summed E-state index contributed by atoms with van der Waals surface area (Å²) < 4.78 is 0. The Balaban J connectivity index is 1.75. The molecule has 1 atom stereocenters. The van der Waals surface area contributed by atoms with Gasteiger partial charge in [-0.05, 0) is 54.3 Å². The van der Waals surface area contributed by atoms with Crippen LogP contribution in [-0.2, 0) is 12.8 Å². The van der Waals surface area contributed by atoms with E-state index in [0.717, 1.165) is 23.6 Å². The first kappa shape index (κ1) is 12.6. The van der Waals surface area contributed by atoms with Gasteiger partial charge in [0.1, 0.15) is 5.75 Å². The first-order valence-corrected chi connectivity index (χ1v) is 6.90. The molecule has 0 bridgehead atoms. The fraction of sp³-hybridized carbons (Fsp3) is 0.200. The van der Waals surface area contributed by atoms with Crippen molar-refractivity contribution < 1.29 is 5.11 Å². The molecular formula is C15H13Cl2NO. The Kier molecular flexibility index (Phi) is 3.29. The molecule has 4 heteroatoms. The minimum absolute atomic E-state index is 0.105. The Morgan fingerprint density at radius 3 is 2.58 bits per heavy atom. The van der Waals surface area contributed by atoms with Crippen LogP contribution < -0.4 is 5.32 Å². The monoisotopic (exact) mass is 293 g/mol. The summed E-state index contributed by atoms with van der Waals surface area (Å²) in [5, 5.41) is 14.0. The molecule has 98 valence electrons. The van der Waals surface area contributed by atoms with E-state index in [1.165, 1.54) is 11.1 Å². The van der Waals surface area contributed by atoms with Crippen LogP contribution in [0.5, 0.6) is 5.75 Å². The Bertz CT molecular complexity index is 628. The van der Waals surface area contributed by atoms with E-state index in [-0.39, 0.29) is 5.75 Å². The van der Waals surface area contributed by atoms with Crippen molar-refractivity contribution in [1.29, 1.82) is 0 Å². The van der Waals surface area contributed by atoms with E-state index >= 15 is 0 Å². The molecule has 2 nitrogen and oxygen atoms in total. The number of anilines is 1. The van der Waals surface area contributed by atoms with Gasteiger partial charge in [-0.1, -0.05) is 29.3 Å². The van der Waals surface area contributed by atoms with E-state index in [1.807, 2.05) is 18.2 Å². The first-order chi connectivity index (χ1) is 9.11. The second-order valence-corrected chi connectivity index (χ2v) is 5.67. The summed E-state index contributed by atoms with van der Waals surface area (Å²) in [6.45, 7) is 0. The van der Waals surface area contributed by atoms with Gasteiger partial charge in [0.05, 0.1) is 5.02 Å². The van der Waals surface area contributed by atoms with Crippen molar-refractivity contribution in [1.82, 2.24) is 0 Å². The van der Waals surface area contributed by atoms with Gasteiger partial charge in [-0.25, -0.2) is 0 Å². The molecule has 0 spiro atoms. The zero-order chi connectivity index (χ0) is 13.4. The fourth-order valence-electron chi connectivity index (χ4n) is 2.52. The molecule has 2 N–H and O–H groups in total. The average Bonchev–Trinajstić information content (AvgIpc) is 2.75. The number of benzene rings is 2. The normalized spacial score (nSPS) is 17.3. The van der Waals surface area contributed by atoms with Crippen molar-refractivity contribution in [3.05, 3.63) is 57.6 Å². The third-order valence-electron chi connectivity index (χ3n) is 3.42. The number of fused-ring (bicyclic) bond motifs is 1. The highest BCUT2D eigenvalue weighted by Gasteiger charge is 2.21. The molecule has 3 rings (SSSR count). The predicted molar refractivity (Wildman–Crippen MR) is 79.4 cm³/mol. The second kappa shape index (κ2) is 4.95. The number of rotatable bonds is 2. The number of halogens is 2. The van der Waals surface area contributed by atoms with Crippen molar-refractivity contribution in [2.75, 3.05) is 5.32 Å². The molecule has 0 saturated carbocycles. The lowest BCUT2D eigenvalue weighted by Crippen LogP contribution is -2.19. The van der Waals surface area contributed by atoms with Crippen molar-refractivity contribution in [2.45, 2.75) is 18.9 Å². The Hall–Kier alpha value is -1.38. The maximum absolute atomic E-state index is 9.40. The molecule has 1 aliphatic rings. The third kappa shape index (κ3) is 2.65. The summed E-state index contributed by atoms with van der Waals surface area (Å²) in [7, 11) is 0. The summed E-state index contributed by atoms with van der Waals surface area (Å²) in [4.78, 5) is 0. The number of hydrogen-bond acceptors (Lipinski definition) is 2. The Labute approximate surface area is 122 Å². The van der Waals surface area contributed by atoms with Crippen LogP contribution in [0, 0.1) is 0 Å². The van der Waals surface area contributed by atoms with Crippen LogP contribution >= 0.6 is 23.2 Å². The SMILES string of the molecule is Oc1ccc(NC2Cc3ccc(Cl)cc3C2)cc1Cl. The van der Waals surface area contributed by atoms with Crippen molar-refractivity contribution in [3.8, 4) is 5.75 Å². The number of hydrogen-bond donors (Lipinski definition) is 2. The van der Waals surface area contributed by atoms with Crippen molar-refractivity contribution in [2.24, 2.45) is 0 Å². The van der Waals surface area contributed by atoms with Gasteiger partial charge < -0.3 is 10.4 Å². The lowest BCUT2D eigenvalue weighted by Gasteiger charge is -2.14. The topological polar surface area (TPSA) is 32.3 Å². The highest BCUT2D eigenvalue weighted by molar-refractivity contribution is 6.32. The van der Waals surface area contributed by atoms with Gasteiger partial charge in [-0.15, -0.1) is 0 Å². The summed E-state index contributed by atoms with van der Waals surface area (Å²) >= 11 is 11.9. The predicted octanol–water partition coefficient (Wildman–Crippen LogP) is 4.28. The van der Waals surface area contributed by atoms with Gasteiger partial charge >= 0.3 is 0 Å². The van der Waals surface area contributed by atoms with Crippen LogP contribution in [0.3, 0.4) is 0 Å². The second-order valence-electron chi connectivity index (χ2n) is 4.83. The highest BCUT2D eigenvalue weighted by atomic mass is 35.5. The summed E-state index contributed by atoms with van der Waals surface area (Å²) in [5.41, 5.74) is 3.56. The zero-order valence-electron chi connectivity index (χ0n) is 10.2. The molecule has 1 unspecified atom stereocenters. The fourth-order valence-corrected chi connectivity index (χ4v) is 2.90. The average molecular weight is 294 g/mol. The molecule has 2 aromatic carbocycles. The maximum atomic E-state index is 9.40. The lowest BCUT2D eigenvalue weighted by molar-refractivity contribution is 0.475.